The molecule has 0 aromatic carbocycles. The maximum absolute atomic E-state index is 11.0. The molecule has 0 radical (unpaired) electrons. The number of nitrogens with one attached hydrogen (secondary N) is 1. The van der Waals surface area contributed by atoms with Crippen molar-refractivity contribution in [1.82, 2.24) is 5.32 Å². The third-order valence-electron chi connectivity index (χ3n) is 3.24. The van der Waals surface area contributed by atoms with Crippen LogP contribution in [0.2, 0.25) is 0 Å². The Balaban J connectivity index is 2.15. The Labute approximate surface area is 93.8 Å². The molecule has 0 aromatic heterocycles. The van der Waals surface area contributed by atoms with Gasteiger partial charge in [-0.15, -0.1) is 0 Å². The second-order valence-electron chi connectivity index (χ2n) is 5.43. The molecule has 88 valence electrons. The molecule has 15 heavy (non-hydrogen) atoms. The first-order valence-corrected chi connectivity index (χ1v) is 6.30. The fraction of sp³-hybridized carbons (Fsp3) is 0.923. The van der Waals surface area contributed by atoms with Gasteiger partial charge in [-0.3, -0.25) is 0 Å². The summed E-state index contributed by atoms with van der Waals surface area (Å²) in [5, 5.41) is 3.61. The van der Waals surface area contributed by atoms with Crippen LogP contribution in [0.1, 0.15) is 52.9 Å². The van der Waals surface area contributed by atoms with Crippen molar-refractivity contribution in [3.8, 4) is 0 Å². The molecule has 0 aromatic rings. The third-order valence-corrected chi connectivity index (χ3v) is 3.24. The quantitative estimate of drug-likeness (QED) is 0.757. The zero-order chi connectivity index (χ0) is 11.3. The van der Waals surface area contributed by atoms with Crippen molar-refractivity contribution < 1.29 is 4.79 Å². The summed E-state index contributed by atoms with van der Waals surface area (Å²) in [7, 11) is 0. The Morgan fingerprint density at radius 2 is 1.87 bits per heavy atom. The van der Waals surface area contributed by atoms with Crippen LogP contribution in [0, 0.1) is 11.8 Å². The molecule has 0 atom stereocenters. The molecular weight excluding hydrogens is 186 g/mol. The highest BCUT2D eigenvalue weighted by Gasteiger charge is 2.21. The normalized spacial score (nSPS) is 26.9. The Morgan fingerprint density at radius 3 is 2.33 bits per heavy atom. The monoisotopic (exact) mass is 211 g/mol. The zero-order valence-electron chi connectivity index (χ0n) is 10.4. The standard InChI is InChI=1S/C13H25NO/c1-10(2)9-14-13-6-4-12(5-7-13)8-11(3)15/h10,12-14H,4-9H2,1-3H3. The molecule has 2 heteroatoms. The molecule has 0 aliphatic heterocycles. The van der Waals surface area contributed by atoms with Gasteiger partial charge in [-0.1, -0.05) is 13.8 Å². The van der Waals surface area contributed by atoms with Crippen molar-refractivity contribution >= 4 is 5.78 Å². The molecule has 1 rings (SSSR count). The van der Waals surface area contributed by atoms with E-state index in [4.69, 9.17) is 0 Å². The van der Waals surface area contributed by atoms with Gasteiger partial charge >= 0.3 is 0 Å². The summed E-state index contributed by atoms with van der Waals surface area (Å²) in [5.41, 5.74) is 0. The van der Waals surface area contributed by atoms with E-state index < -0.39 is 0 Å². The molecule has 0 amide bonds. The Bertz CT molecular complexity index is 193. The summed E-state index contributed by atoms with van der Waals surface area (Å²) in [6, 6.07) is 0.704. The Morgan fingerprint density at radius 1 is 1.27 bits per heavy atom. The minimum Gasteiger partial charge on any atom is -0.314 e. The van der Waals surface area contributed by atoms with Crippen molar-refractivity contribution in [2.45, 2.75) is 58.9 Å². The maximum Gasteiger partial charge on any atom is 0.130 e. The second-order valence-corrected chi connectivity index (χ2v) is 5.43. The van der Waals surface area contributed by atoms with Crippen LogP contribution in [0.25, 0.3) is 0 Å². The lowest BCUT2D eigenvalue weighted by molar-refractivity contribution is -0.118. The number of rotatable bonds is 5. The van der Waals surface area contributed by atoms with Gasteiger partial charge < -0.3 is 10.1 Å². The summed E-state index contributed by atoms with van der Waals surface area (Å²) in [5.74, 6) is 1.76. The lowest BCUT2D eigenvalue weighted by Crippen LogP contribution is -2.35. The smallest absolute Gasteiger partial charge is 0.130 e. The van der Waals surface area contributed by atoms with E-state index in [0.29, 0.717) is 17.7 Å². The van der Waals surface area contributed by atoms with Crippen molar-refractivity contribution in [3.63, 3.8) is 0 Å². The van der Waals surface area contributed by atoms with Gasteiger partial charge in [0.05, 0.1) is 0 Å². The van der Waals surface area contributed by atoms with Crippen molar-refractivity contribution in [1.29, 1.82) is 0 Å². The molecule has 1 aliphatic carbocycles. The van der Waals surface area contributed by atoms with E-state index in [2.05, 4.69) is 19.2 Å². The molecule has 0 unspecified atom stereocenters. The van der Waals surface area contributed by atoms with Crippen LogP contribution >= 0.6 is 0 Å². The first-order chi connectivity index (χ1) is 7.08. The summed E-state index contributed by atoms with van der Waals surface area (Å²) in [6.45, 7) is 7.33. The number of hydrogen-bond acceptors (Lipinski definition) is 2. The van der Waals surface area contributed by atoms with Gasteiger partial charge in [-0.25, -0.2) is 0 Å². The topological polar surface area (TPSA) is 29.1 Å². The average molecular weight is 211 g/mol. The summed E-state index contributed by atoms with van der Waals surface area (Å²) in [4.78, 5) is 11.0. The number of carbonyl (C=O) groups is 1. The van der Waals surface area contributed by atoms with Gasteiger partial charge in [0.25, 0.3) is 0 Å². The first-order valence-electron chi connectivity index (χ1n) is 6.30. The van der Waals surface area contributed by atoms with Crippen LogP contribution in [0.3, 0.4) is 0 Å². The summed E-state index contributed by atoms with van der Waals surface area (Å²) < 4.78 is 0. The highest BCUT2D eigenvalue weighted by Crippen LogP contribution is 2.26. The van der Waals surface area contributed by atoms with Gasteiger partial charge in [0.2, 0.25) is 0 Å². The van der Waals surface area contributed by atoms with Gasteiger partial charge in [-0.2, -0.15) is 0 Å². The Hall–Kier alpha value is -0.370. The molecule has 0 saturated heterocycles. The van der Waals surface area contributed by atoms with E-state index in [1.807, 2.05) is 0 Å². The zero-order valence-corrected chi connectivity index (χ0v) is 10.4. The predicted octanol–water partition coefficient (Wildman–Crippen LogP) is 2.77. The minimum atomic E-state index is 0.355. The Kier molecular flexibility index (Phi) is 5.30. The number of Topliss-reactive ketones (excluding diaryl/α,β-unsaturated/α-hetero) is 1. The number of carbonyl (C=O) groups excluding carboxylic acids is 1. The van der Waals surface area contributed by atoms with Gasteiger partial charge in [0.15, 0.2) is 0 Å². The van der Waals surface area contributed by atoms with Gasteiger partial charge in [0, 0.05) is 12.5 Å². The third kappa shape index (κ3) is 5.31. The lowest BCUT2D eigenvalue weighted by atomic mass is 9.83. The average Bonchev–Trinajstić information content (AvgIpc) is 2.16. The van der Waals surface area contributed by atoms with E-state index >= 15 is 0 Å². The van der Waals surface area contributed by atoms with Crippen molar-refractivity contribution in [2.75, 3.05) is 6.54 Å². The maximum atomic E-state index is 11.0. The van der Waals surface area contributed by atoms with Crippen LogP contribution in [0.15, 0.2) is 0 Å². The van der Waals surface area contributed by atoms with Gasteiger partial charge in [-0.05, 0) is 51.0 Å². The van der Waals surface area contributed by atoms with E-state index in [-0.39, 0.29) is 0 Å². The molecule has 0 bridgehead atoms. The summed E-state index contributed by atoms with van der Waals surface area (Å²) in [6.07, 6.45) is 5.77. The molecule has 1 saturated carbocycles. The lowest BCUT2D eigenvalue weighted by Gasteiger charge is -2.29. The molecule has 0 heterocycles. The largest absolute Gasteiger partial charge is 0.314 e. The summed E-state index contributed by atoms with van der Waals surface area (Å²) >= 11 is 0. The van der Waals surface area contributed by atoms with E-state index in [0.717, 1.165) is 18.9 Å². The molecule has 1 fully saturated rings. The van der Waals surface area contributed by atoms with E-state index in [9.17, 15) is 4.79 Å². The fourth-order valence-corrected chi connectivity index (χ4v) is 2.38. The predicted molar refractivity (Wildman–Crippen MR) is 63.9 cm³/mol. The fourth-order valence-electron chi connectivity index (χ4n) is 2.38. The molecule has 0 spiro atoms. The molecule has 1 aliphatic rings. The van der Waals surface area contributed by atoms with Crippen molar-refractivity contribution in [2.24, 2.45) is 11.8 Å². The van der Waals surface area contributed by atoms with Gasteiger partial charge in [0.1, 0.15) is 5.78 Å². The highest BCUT2D eigenvalue weighted by molar-refractivity contribution is 5.75. The highest BCUT2D eigenvalue weighted by atomic mass is 16.1. The molecule has 2 nitrogen and oxygen atoms in total. The van der Waals surface area contributed by atoms with Crippen molar-refractivity contribution in [3.05, 3.63) is 0 Å². The SMILES string of the molecule is CC(=O)CC1CCC(NCC(C)C)CC1. The molecular formula is C13H25NO. The first kappa shape index (κ1) is 12.7. The van der Waals surface area contributed by atoms with E-state index in [1.54, 1.807) is 6.92 Å². The number of ketones is 1. The van der Waals surface area contributed by atoms with E-state index in [1.165, 1.54) is 25.7 Å². The molecule has 1 N–H and O–H groups in total. The number of hydrogen-bond donors (Lipinski definition) is 1. The van der Waals surface area contributed by atoms with Crippen LogP contribution < -0.4 is 5.32 Å². The van der Waals surface area contributed by atoms with Crippen LogP contribution in [0.4, 0.5) is 0 Å². The second kappa shape index (κ2) is 6.26. The van der Waals surface area contributed by atoms with Crippen LogP contribution in [-0.2, 0) is 4.79 Å². The van der Waals surface area contributed by atoms with Crippen LogP contribution in [-0.4, -0.2) is 18.4 Å². The minimum absolute atomic E-state index is 0.355. The van der Waals surface area contributed by atoms with Crippen LogP contribution in [0.5, 0.6) is 0 Å².